The van der Waals surface area contributed by atoms with Crippen molar-refractivity contribution in [3.63, 3.8) is 0 Å². The first kappa shape index (κ1) is 17.0. The molecule has 0 saturated heterocycles. The summed E-state index contributed by atoms with van der Waals surface area (Å²) in [6, 6.07) is 14.4. The van der Waals surface area contributed by atoms with Crippen LogP contribution in [-0.2, 0) is 6.42 Å². The highest BCUT2D eigenvalue weighted by Gasteiger charge is 2.11. The number of nitrogens with zero attached hydrogens (tertiary/aromatic N) is 2. The van der Waals surface area contributed by atoms with Gasteiger partial charge >= 0.3 is 0 Å². The third kappa shape index (κ3) is 4.57. The largest absolute Gasteiger partial charge is 0.370 e. The Bertz CT molecular complexity index is 776. The molecule has 0 saturated carbocycles. The summed E-state index contributed by atoms with van der Waals surface area (Å²) < 4.78 is 0. The van der Waals surface area contributed by atoms with Crippen LogP contribution in [0.15, 0.2) is 58.5 Å². The number of amides is 1. The van der Waals surface area contributed by atoms with Crippen molar-refractivity contribution in [3.05, 3.63) is 59.7 Å². The van der Waals surface area contributed by atoms with E-state index in [2.05, 4.69) is 22.2 Å². The zero-order valence-electron chi connectivity index (χ0n) is 13.4. The third-order valence-electron chi connectivity index (χ3n) is 3.25. The molecule has 1 amide bonds. The fraction of sp³-hybridized carbons (Fsp3) is 0.118. The van der Waals surface area contributed by atoms with E-state index in [1.54, 1.807) is 24.3 Å². The average Bonchev–Trinajstić information content (AvgIpc) is 2.55. The lowest BCUT2D eigenvalue weighted by atomic mass is 10.1. The predicted molar refractivity (Wildman–Crippen MR) is 97.3 cm³/mol. The monoisotopic (exact) mass is 324 g/mol. The van der Waals surface area contributed by atoms with E-state index in [0.717, 1.165) is 6.42 Å². The van der Waals surface area contributed by atoms with Gasteiger partial charge in [-0.1, -0.05) is 31.2 Å². The molecule has 0 unspecified atom stereocenters. The Morgan fingerprint density at radius 2 is 1.71 bits per heavy atom. The van der Waals surface area contributed by atoms with Crippen LogP contribution >= 0.6 is 0 Å². The second-order valence-corrected chi connectivity index (χ2v) is 5.03. The van der Waals surface area contributed by atoms with Crippen molar-refractivity contribution in [1.82, 2.24) is 0 Å². The molecule has 0 heterocycles. The molecule has 7 N–H and O–H groups in total. The Kier molecular flexibility index (Phi) is 5.51. The highest BCUT2D eigenvalue weighted by molar-refractivity contribution is 6.08. The van der Waals surface area contributed by atoms with Gasteiger partial charge in [0, 0.05) is 5.69 Å². The Hall–Kier alpha value is -3.35. The number of nitrogens with two attached hydrogens (primary N) is 3. The summed E-state index contributed by atoms with van der Waals surface area (Å²) in [5, 5.41) is 2.83. The molecule has 2 aromatic rings. The molecular weight excluding hydrogens is 304 g/mol. The van der Waals surface area contributed by atoms with Gasteiger partial charge in [-0.05, 0) is 36.2 Å². The molecule has 2 aromatic carbocycles. The van der Waals surface area contributed by atoms with Crippen molar-refractivity contribution >= 4 is 29.2 Å². The van der Waals surface area contributed by atoms with Crippen LogP contribution in [0.1, 0.15) is 22.8 Å². The van der Waals surface area contributed by atoms with Gasteiger partial charge in [-0.15, -0.1) is 0 Å². The molecule has 7 heteroatoms. The average molecular weight is 324 g/mol. The molecule has 2 rings (SSSR count). The van der Waals surface area contributed by atoms with E-state index in [1.807, 2.05) is 24.3 Å². The standard InChI is InChI=1S/C17H20N6O/c1-2-11-7-9-12(10-8-11)21-15(24)13-5-3-4-6-14(13)22-17(20)23-16(18)19/h3-10H,2H2,1H3,(H,21,24)(H6,18,19,20,22,23). The Balaban J connectivity index is 2.24. The zero-order valence-corrected chi connectivity index (χ0v) is 13.4. The van der Waals surface area contributed by atoms with Gasteiger partial charge in [0.25, 0.3) is 5.91 Å². The Labute approximate surface area is 140 Å². The highest BCUT2D eigenvalue weighted by atomic mass is 16.1. The molecule has 0 atom stereocenters. The molecule has 0 aliphatic carbocycles. The second kappa shape index (κ2) is 7.77. The molecule has 24 heavy (non-hydrogen) atoms. The van der Waals surface area contributed by atoms with Crippen LogP contribution in [0.4, 0.5) is 11.4 Å². The van der Waals surface area contributed by atoms with E-state index in [0.29, 0.717) is 16.9 Å². The Morgan fingerprint density at radius 1 is 1.04 bits per heavy atom. The van der Waals surface area contributed by atoms with Crippen molar-refractivity contribution in [2.75, 3.05) is 5.32 Å². The first-order valence-corrected chi connectivity index (χ1v) is 7.42. The first-order valence-electron chi connectivity index (χ1n) is 7.42. The number of guanidine groups is 2. The molecule has 0 radical (unpaired) electrons. The molecule has 124 valence electrons. The van der Waals surface area contributed by atoms with Crippen LogP contribution in [-0.4, -0.2) is 17.8 Å². The number of carbonyl (C=O) groups is 1. The minimum absolute atomic E-state index is 0.123. The second-order valence-electron chi connectivity index (χ2n) is 5.03. The van der Waals surface area contributed by atoms with Crippen LogP contribution in [0.2, 0.25) is 0 Å². The molecule has 0 aromatic heterocycles. The molecule has 0 aliphatic heterocycles. The number of para-hydroxylation sites is 1. The van der Waals surface area contributed by atoms with Crippen molar-refractivity contribution in [2.24, 2.45) is 27.2 Å². The number of anilines is 1. The van der Waals surface area contributed by atoms with E-state index in [9.17, 15) is 4.79 Å². The van der Waals surface area contributed by atoms with Gasteiger partial charge in [0.1, 0.15) is 0 Å². The lowest BCUT2D eigenvalue weighted by Crippen LogP contribution is -2.26. The summed E-state index contributed by atoms with van der Waals surface area (Å²) in [6.07, 6.45) is 0.940. The van der Waals surface area contributed by atoms with Gasteiger partial charge in [-0.2, -0.15) is 4.99 Å². The van der Waals surface area contributed by atoms with E-state index in [1.165, 1.54) is 5.56 Å². The normalized spacial score (nSPS) is 11.0. The number of benzene rings is 2. The van der Waals surface area contributed by atoms with Gasteiger partial charge in [0.2, 0.25) is 5.96 Å². The molecule has 0 bridgehead atoms. The fourth-order valence-corrected chi connectivity index (χ4v) is 2.07. The quantitative estimate of drug-likeness (QED) is 0.503. The molecule has 0 spiro atoms. The minimum Gasteiger partial charge on any atom is -0.370 e. The van der Waals surface area contributed by atoms with Gasteiger partial charge in [-0.3, -0.25) is 4.79 Å². The maximum Gasteiger partial charge on any atom is 0.257 e. The van der Waals surface area contributed by atoms with Gasteiger partial charge in [0.15, 0.2) is 5.96 Å². The van der Waals surface area contributed by atoms with Crippen LogP contribution in [0, 0.1) is 0 Å². The number of hydrogen-bond acceptors (Lipinski definition) is 2. The number of aryl methyl sites for hydroxylation is 1. The molecule has 0 aliphatic rings. The summed E-state index contributed by atoms with van der Waals surface area (Å²) in [7, 11) is 0. The molecule has 0 fully saturated rings. The lowest BCUT2D eigenvalue weighted by Gasteiger charge is -2.08. The van der Waals surface area contributed by atoms with Crippen LogP contribution < -0.4 is 22.5 Å². The number of aliphatic imine (C=N–C) groups is 2. The fourth-order valence-electron chi connectivity index (χ4n) is 2.07. The van der Waals surface area contributed by atoms with E-state index in [-0.39, 0.29) is 17.8 Å². The summed E-state index contributed by atoms with van der Waals surface area (Å²) in [5.41, 5.74) is 18.8. The maximum absolute atomic E-state index is 12.5. The smallest absolute Gasteiger partial charge is 0.257 e. The minimum atomic E-state index is -0.295. The van der Waals surface area contributed by atoms with E-state index >= 15 is 0 Å². The number of rotatable bonds is 4. The van der Waals surface area contributed by atoms with E-state index < -0.39 is 0 Å². The number of nitrogens with one attached hydrogen (secondary N) is 1. The molecular formula is C17H20N6O. The summed E-state index contributed by atoms with van der Waals surface area (Å²) in [6.45, 7) is 2.07. The zero-order chi connectivity index (χ0) is 17.5. The number of hydrogen-bond donors (Lipinski definition) is 4. The number of carbonyl (C=O) groups excluding carboxylic acids is 1. The predicted octanol–water partition coefficient (Wildman–Crippen LogP) is 1.72. The first-order chi connectivity index (χ1) is 11.5. The summed E-state index contributed by atoms with van der Waals surface area (Å²) in [5.74, 6) is -0.618. The van der Waals surface area contributed by atoms with Crippen molar-refractivity contribution < 1.29 is 4.79 Å². The molecule has 7 nitrogen and oxygen atoms in total. The highest BCUT2D eigenvalue weighted by Crippen LogP contribution is 2.20. The Morgan fingerprint density at radius 3 is 2.33 bits per heavy atom. The van der Waals surface area contributed by atoms with Crippen molar-refractivity contribution in [2.45, 2.75) is 13.3 Å². The van der Waals surface area contributed by atoms with Crippen LogP contribution in [0.3, 0.4) is 0 Å². The summed E-state index contributed by atoms with van der Waals surface area (Å²) >= 11 is 0. The maximum atomic E-state index is 12.5. The van der Waals surface area contributed by atoms with Crippen LogP contribution in [0.5, 0.6) is 0 Å². The topological polar surface area (TPSA) is 132 Å². The van der Waals surface area contributed by atoms with Gasteiger partial charge in [0.05, 0.1) is 11.3 Å². The van der Waals surface area contributed by atoms with E-state index in [4.69, 9.17) is 17.2 Å². The van der Waals surface area contributed by atoms with Crippen LogP contribution in [0.25, 0.3) is 0 Å². The van der Waals surface area contributed by atoms with Crippen molar-refractivity contribution in [3.8, 4) is 0 Å². The van der Waals surface area contributed by atoms with Crippen molar-refractivity contribution in [1.29, 1.82) is 0 Å². The third-order valence-corrected chi connectivity index (χ3v) is 3.25. The lowest BCUT2D eigenvalue weighted by molar-refractivity contribution is 0.102. The summed E-state index contributed by atoms with van der Waals surface area (Å²) in [4.78, 5) is 20.2. The SMILES string of the molecule is CCc1ccc(NC(=O)c2ccccc2N=C(N)N=C(N)N)cc1. The van der Waals surface area contributed by atoms with Gasteiger partial charge < -0.3 is 22.5 Å². The van der Waals surface area contributed by atoms with Gasteiger partial charge in [-0.25, -0.2) is 4.99 Å².